The van der Waals surface area contributed by atoms with Crippen molar-refractivity contribution in [3.63, 3.8) is 0 Å². The highest BCUT2D eigenvalue weighted by atomic mass is 15.2. The van der Waals surface area contributed by atoms with E-state index in [-0.39, 0.29) is 0 Å². The summed E-state index contributed by atoms with van der Waals surface area (Å²) in [5, 5.41) is 0. The van der Waals surface area contributed by atoms with Crippen molar-refractivity contribution in [1.82, 2.24) is 9.80 Å². The van der Waals surface area contributed by atoms with Gasteiger partial charge in [0.15, 0.2) is 0 Å². The van der Waals surface area contributed by atoms with Crippen LogP contribution in [0.5, 0.6) is 0 Å². The van der Waals surface area contributed by atoms with Crippen molar-refractivity contribution in [2.45, 2.75) is 77.3 Å². The van der Waals surface area contributed by atoms with Crippen LogP contribution < -0.4 is 0 Å². The van der Waals surface area contributed by atoms with Gasteiger partial charge in [0.2, 0.25) is 0 Å². The lowest BCUT2D eigenvalue weighted by molar-refractivity contribution is -0.0197. The van der Waals surface area contributed by atoms with E-state index in [2.05, 4.69) is 50.9 Å². The van der Waals surface area contributed by atoms with Gasteiger partial charge in [0.1, 0.15) is 0 Å². The van der Waals surface area contributed by atoms with Crippen LogP contribution in [0.15, 0.2) is 11.6 Å². The summed E-state index contributed by atoms with van der Waals surface area (Å²) in [5.74, 6) is 3.71. The summed E-state index contributed by atoms with van der Waals surface area (Å²) >= 11 is 0. The van der Waals surface area contributed by atoms with E-state index in [1.165, 1.54) is 57.9 Å². The van der Waals surface area contributed by atoms with Gasteiger partial charge < -0.3 is 9.80 Å². The third-order valence-corrected chi connectivity index (χ3v) is 10.4. The molecule has 0 aromatic heterocycles. The second kappa shape index (κ2) is 5.83. The van der Waals surface area contributed by atoms with Crippen molar-refractivity contribution >= 4 is 0 Å². The zero-order valence-electron chi connectivity index (χ0n) is 17.8. The first kappa shape index (κ1) is 17.7. The first-order valence-corrected chi connectivity index (χ1v) is 11.4. The number of rotatable bonds is 1. The molecule has 1 aliphatic heterocycles. The van der Waals surface area contributed by atoms with Gasteiger partial charge in [-0.25, -0.2) is 0 Å². The number of likely N-dealkylation sites (tertiary alicyclic amines) is 1. The van der Waals surface area contributed by atoms with Crippen LogP contribution in [0, 0.1) is 34.5 Å². The van der Waals surface area contributed by atoms with Gasteiger partial charge in [-0.2, -0.15) is 0 Å². The molecule has 3 saturated carbocycles. The summed E-state index contributed by atoms with van der Waals surface area (Å²) in [6.07, 6.45) is 14.4. The van der Waals surface area contributed by atoms with Gasteiger partial charge in [-0.15, -0.1) is 0 Å². The summed E-state index contributed by atoms with van der Waals surface area (Å²) in [6.45, 7) is 6.56. The van der Waals surface area contributed by atoms with Crippen molar-refractivity contribution in [2.24, 2.45) is 34.5 Å². The maximum absolute atomic E-state index is 2.78. The fourth-order valence-electron chi connectivity index (χ4n) is 8.77. The highest BCUT2D eigenvalue weighted by molar-refractivity contribution is 5.30. The number of nitrogens with zero attached hydrogens (tertiary/aromatic N) is 2. The quantitative estimate of drug-likeness (QED) is 0.622. The summed E-state index contributed by atoms with van der Waals surface area (Å²) in [4.78, 5) is 5.18. The average Bonchev–Trinajstić information content (AvgIpc) is 3.08. The first-order valence-electron chi connectivity index (χ1n) is 11.4. The van der Waals surface area contributed by atoms with Gasteiger partial charge in [-0.3, -0.25) is 0 Å². The smallest absolute Gasteiger partial charge is 0.00983 e. The van der Waals surface area contributed by atoms with E-state index in [1.54, 1.807) is 0 Å². The predicted octanol–water partition coefficient (Wildman–Crippen LogP) is 4.81. The van der Waals surface area contributed by atoms with Gasteiger partial charge in [0.05, 0.1) is 0 Å². The zero-order chi connectivity index (χ0) is 18.3. The van der Waals surface area contributed by atoms with Crippen LogP contribution in [0.3, 0.4) is 0 Å². The van der Waals surface area contributed by atoms with E-state index in [0.717, 1.165) is 35.8 Å². The van der Waals surface area contributed by atoms with Gasteiger partial charge in [0.25, 0.3) is 0 Å². The summed E-state index contributed by atoms with van der Waals surface area (Å²) in [6, 6.07) is 1.62. The van der Waals surface area contributed by atoms with Crippen LogP contribution in [-0.2, 0) is 0 Å². The Morgan fingerprint density at radius 2 is 1.88 bits per heavy atom. The molecule has 0 aromatic carbocycles. The molecular formula is C24H40N2. The molecule has 0 N–H and O–H groups in total. The summed E-state index contributed by atoms with van der Waals surface area (Å²) in [5.41, 5.74) is 3.18. The van der Waals surface area contributed by atoms with Crippen LogP contribution in [-0.4, -0.2) is 49.6 Å². The zero-order valence-corrected chi connectivity index (χ0v) is 17.8. The SMILES string of the molecule is C[C@@H]1[C@H]2CC[C@@H]3C4=CC[C@@H]5C[C@@H](N(C)C)CC[C@]5(C)[C@@H]4CC[C@@]32CN1C. The molecular weight excluding hydrogens is 316 g/mol. The predicted molar refractivity (Wildman–Crippen MR) is 109 cm³/mol. The molecule has 146 valence electrons. The molecule has 4 aliphatic carbocycles. The minimum Gasteiger partial charge on any atom is -0.306 e. The Bertz CT molecular complexity index is 609. The Hall–Kier alpha value is -0.340. The molecule has 8 atom stereocenters. The van der Waals surface area contributed by atoms with Crippen molar-refractivity contribution < 1.29 is 0 Å². The number of hydrogen-bond donors (Lipinski definition) is 0. The van der Waals surface area contributed by atoms with E-state index in [9.17, 15) is 0 Å². The van der Waals surface area contributed by atoms with Crippen LogP contribution in [0.2, 0.25) is 0 Å². The number of fused-ring (bicyclic) bond motifs is 4. The molecule has 0 aromatic rings. The molecule has 1 saturated heterocycles. The third kappa shape index (κ3) is 2.18. The minimum absolute atomic E-state index is 0.590. The number of hydrogen-bond acceptors (Lipinski definition) is 2. The van der Waals surface area contributed by atoms with Crippen LogP contribution in [0.1, 0.15) is 65.2 Å². The maximum atomic E-state index is 2.78. The van der Waals surface area contributed by atoms with Crippen molar-refractivity contribution in [1.29, 1.82) is 0 Å². The lowest BCUT2D eigenvalue weighted by Gasteiger charge is -2.58. The second-order valence-electron chi connectivity index (χ2n) is 11.3. The lowest BCUT2D eigenvalue weighted by atomic mass is 9.47. The Morgan fingerprint density at radius 1 is 1.08 bits per heavy atom. The Balaban J connectivity index is 1.46. The van der Waals surface area contributed by atoms with Gasteiger partial charge in [-0.05, 0) is 114 Å². The van der Waals surface area contributed by atoms with E-state index in [0.29, 0.717) is 10.8 Å². The number of allylic oxidation sites excluding steroid dienone is 2. The third-order valence-electron chi connectivity index (χ3n) is 10.4. The van der Waals surface area contributed by atoms with Gasteiger partial charge in [-0.1, -0.05) is 18.6 Å². The molecule has 1 spiro atoms. The lowest BCUT2D eigenvalue weighted by Crippen LogP contribution is -2.51. The van der Waals surface area contributed by atoms with E-state index < -0.39 is 0 Å². The van der Waals surface area contributed by atoms with Crippen LogP contribution in [0.4, 0.5) is 0 Å². The molecule has 0 radical (unpaired) electrons. The first-order chi connectivity index (χ1) is 12.4. The largest absolute Gasteiger partial charge is 0.306 e. The normalized spacial score (nSPS) is 53.7. The monoisotopic (exact) mass is 356 g/mol. The highest BCUT2D eigenvalue weighted by Gasteiger charge is 2.63. The molecule has 2 heteroatoms. The van der Waals surface area contributed by atoms with Gasteiger partial charge >= 0.3 is 0 Å². The summed E-state index contributed by atoms with van der Waals surface area (Å²) < 4.78 is 0. The molecule has 1 heterocycles. The van der Waals surface area contributed by atoms with E-state index in [1.807, 2.05) is 5.57 Å². The van der Waals surface area contributed by atoms with Gasteiger partial charge in [0, 0.05) is 18.6 Å². The molecule has 0 unspecified atom stereocenters. The van der Waals surface area contributed by atoms with Crippen LogP contribution >= 0.6 is 0 Å². The maximum Gasteiger partial charge on any atom is 0.00983 e. The van der Waals surface area contributed by atoms with Crippen molar-refractivity contribution in [2.75, 3.05) is 27.7 Å². The van der Waals surface area contributed by atoms with E-state index in [4.69, 9.17) is 0 Å². The fraction of sp³-hybridized carbons (Fsp3) is 0.917. The van der Waals surface area contributed by atoms with Crippen LogP contribution in [0.25, 0.3) is 0 Å². The van der Waals surface area contributed by atoms with Crippen molar-refractivity contribution in [3.8, 4) is 0 Å². The fourth-order valence-corrected chi connectivity index (χ4v) is 8.77. The molecule has 4 fully saturated rings. The highest BCUT2D eigenvalue weighted by Crippen LogP contribution is 2.68. The standard InChI is InChI=1S/C24H40N2/c1-16-20-8-9-22-19-7-6-17-14-18(25(3)4)10-12-23(17,2)21(19)11-13-24(20,22)15-26(16)5/h7,16-18,20-22H,6,8-15H2,1-5H3/t16-,17-,18+,20-,21-,22-,23+,24+/m1/s1. The Morgan fingerprint density at radius 3 is 2.65 bits per heavy atom. The van der Waals surface area contributed by atoms with Crippen molar-refractivity contribution in [3.05, 3.63) is 11.6 Å². The molecule has 0 amide bonds. The van der Waals surface area contributed by atoms with E-state index >= 15 is 0 Å². The molecule has 26 heavy (non-hydrogen) atoms. The molecule has 5 aliphatic rings. The summed E-state index contributed by atoms with van der Waals surface area (Å²) in [7, 11) is 6.96. The topological polar surface area (TPSA) is 6.48 Å². The molecule has 0 bridgehead atoms. The Labute approximate surface area is 161 Å². The average molecular weight is 357 g/mol. The molecule has 2 nitrogen and oxygen atoms in total. The molecule has 5 rings (SSSR count). The Kier molecular flexibility index (Phi) is 3.98. The second-order valence-corrected chi connectivity index (χ2v) is 11.3. The minimum atomic E-state index is 0.590.